The first-order valence-electron chi connectivity index (χ1n) is 14.4. The van der Waals surface area contributed by atoms with Crippen LogP contribution in [0.25, 0.3) is 10.8 Å². The van der Waals surface area contributed by atoms with Crippen molar-refractivity contribution in [2.24, 2.45) is 0 Å². The number of carbonyl (C=O) groups excluding carboxylic acids is 2. The van der Waals surface area contributed by atoms with Crippen molar-refractivity contribution >= 4 is 53.3 Å². The zero-order valence-electron chi connectivity index (χ0n) is 25.7. The molecule has 1 aliphatic rings. The van der Waals surface area contributed by atoms with Gasteiger partial charge in [-0.15, -0.1) is 24.8 Å². The van der Waals surface area contributed by atoms with Gasteiger partial charge in [0.05, 0.1) is 18.2 Å². The lowest BCUT2D eigenvalue weighted by atomic mass is 10.0. The fourth-order valence-electron chi connectivity index (χ4n) is 5.14. The highest BCUT2D eigenvalue weighted by Crippen LogP contribution is 2.28. The van der Waals surface area contributed by atoms with Gasteiger partial charge in [0.2, 0.25) is 0 Å². The third kappa shape index (κ3) is 8.65. The number of ether oxygens (including phenoxy) is 2. The average Bonchev–Trinajstić information content (AvgIpc) is 2.99. The molecule has 11 heteroatoms. The Morgan fingerprint density at radius 2 is 1.54 bits per heavy atom. The maximum Gasteiger partial charge on any atom is 0.410 e. The van der Waals surface area contributed by atoms with Gasteiger partial charge in [-0.1, -0.05) is 24.3 Å². The predicted molar refractivity (Wildman–Crippen MR) is 178 cm³/mol. The van der Waals surface area contributed by atoms with E-state index in [4.69, 9.17) is 9.47 Å². The van der Waals surface area contributed by atoms with E-state index in [2.05, 4.69) is 6.07 Å². The number of halogens is 4. The minimum absolute atomic E-state index is 0. The van der Waals surface area contributed by atoms with Gasteiger partial charge in [-0.25, -0.2) is 13.6 Å². The molecule has 1 heterocycles. The van der Waals surface area contributed by atoms with Gasteiger partial charge in [0.15, 0.2) is 0 Å². The number of amides is 2. The SMILES string of the molecule is CC(C)(C)OC(=O)N1CCC(Oc2ccc(N(Cc3ccc4ccc(C#N)cc4c3)C(=O)c3c(F)cccc3F)cc2)CC1.Cl.Cl. The molecule has 4 aromatic rings. The van der Waals surface area contributed by atoms with Crippen molar-refractivity contribution < 1.29 is 27.8 Å². The molecule has 0 aliphatic carbocycles. The van der Waals surface area contributed by atoms with E-state index in [1.54, 1.807) is 41.3 Å². The second kappa shape index (κ2) is 15.3. The van der Waals surface area contributed by atoms with Gasteiger partial charge < -0.3 is 19.3 Å². The Kier molecular flexibility index (Phi) is 12.0. The summed E-state index contributed by atoms with van der Waals surface area (Å²) in [7, 11) is 0. The molecule has 0 spiro atoms. The molecule has 0 atom stereocenters. The molecule has 2 amide bonds. The number of hydrogen-bond donors (Lipinski definition) is 0. The Bertz CT molecular complexity index is 1710. The summed E-state index contributed by atoms with van der Waals surface area (Å²) in [5.74, 6) is -2.15. The first-order valence-corrected chi connectivity index (χ1v) is 14.4. The van der Waals surface area contributed by atoms with Crippen LogP contribution < -0.4 is 9.64 Å². The summed E-state index contributed by atoms with van der Waals surface area (Å²) >= 11 is 0. The smallest absolute Gasteiger partial charge is 0.410 e. The molecule has 0 saturated carbocycles. The molecule has 0 aromatic heterocycles. The van der Waals surface area contributed by atoms with Gasteiger partial charge in [-0.3, -0.25) is 4.79 Å². The normalized spacial score (nSPS) is 13.2. The molecule has 0 N–H and O–H groups in total. The molecule has 1 fully saturated rings. The first kappa shape index (κ1) is 36.1. The number of anilines is 1. The fraction of sp³-hybridized carbons (Fsp3) is 0.286. The summed E-state index contributed by atoms with van der Waals surface area (Å²) in [5.41, 5.74) is 0.443. The van der Waals surface area contributed by atoms with Gasteiger partial charge in [-0.2, -0.15) is 5.26 Å². The van der Waals surface area contributed by atoms with Crippen LogP contribution in [0.15, 0.2) is 78.9 Å². The molecule has 242 valence electrons. The van der Waals surface area contributed by atoms with Crippen LogP contribution in [0.4, 0.5) is 19.3 Å². The molecule has 7 nitrogen and oxygen atoms in total. The van der Waals surface area contributed by atoms with Crippen molar-refractivity contribution in [2.75, 3.05) is 18.0 Å². The van der Waals surface area contributed by atoms with Gasteiger partial charge in [0.1, 0.15) is 34.7 Å². The maximum atomic E-state index is 14.7. The van der Waals surface area contributed by atoms with E-state index in [0.717, 1.165) is 28.5 Å². The van der Waals surface area contributed by atoms with Crippen LogP contribution in [0.1, 0.15) is 55.1 Å². The lowest BCUT2D eigenvalue weighted by Gasteiger charge is -2.33. The number of fused-ring (bicyclic) bond motifs is 1. The van der Waals surface area contributed by atoms with E-state index in [1.807, 2.05) is 45.0 Å². The minimum Gasteiger partial charge on any atom is -0.490 e. The van der Waals surface area contributed by atoms with Gasteiger partial charge in [0.25, 0.3) is 5.91 Å². The van der Waals surface area contributed by atoms with Crippen LogP contribution in [0.2, 0.25) is 0 Å². The standard InChI is InChI=1S/C35H33F2N3O4.2ClH/c1-35(2,3)44-34(42)39-17-15-29(16-18-39)43-28-13-11-27(12-14-28)40(33(41)32-30(36)5-4-6-31(32)37)22-24-8-10-25-9-7-23(21-38)19-26(25)20-24;;/h4-14,19-20,29H,15-18,22H2,1-3H3;2*1H. The summed E-state index contributed by atoms with van der Waals surface area (Å²) in [4.78, 5) is 29.0. The van der Waals surface area contributed by atoms with E-state index in [-0.39, 0.29) is 43.6 Å². The number of carbonyl (C=O) groups is 2. The number of likely N-dealkylation sites (tertiary alicyclic amines) is 1. The van der Waals surface area contributed by atoms with Crippen molar-refractivity contribution in [1.29, 1.82) is 5.26 Å². The van der Waals surface area contributed by atoms with Crippen LogP contribution in [0.5, 0.6) is 5.75 Å². The maximum absolute atomic E-state index is 14.7. The van der Waals surface area contributed by atoms with Crippen molar-refractivity contribution in [3.8, 4) is 11.8 Å². The highest BCUT2D eigenvalue weighted by atomic mass is 35.5. The number of piperidine rings is 1. The average molecular weight is 671 g/mol. The molecule has 4 aromatic carbocycles. The summed E-state index contributed by atoms with van der Waals surface area (Å²) in [5, 5.41) is 11.0. The van der Waals surface area contributed by atoms with Crippen molar-refractivity contribution in [3.05, 3.63) is 107 Å². The largest absolute Gasteiger partial charge is 0.490 e. The molecular formula is C35H35Cl2F2N3O4. The van der Waals surface area contributed by atoms with E-state index in [1.165, 1.54) is 11.0 Å². The molecule has 0 radical (unpaired) electrons. The zero-order chi connectivity index (χ0) is 31.4. The second-order valence-corrected chi connectivity index (χ2v) is 11.8. The van der Waals surface area contributed by atoms with E-state index < -0.39 is 28.7 Å². The van der Waals surface area contributed by atoms with Crippen LogP contribution in [0, 0.1) is 23.0 Å². The molecule has 46 heavy (non-hydrogen) atoms. The fourth-order valence-corrected chi connectivity index (χ4v) is 5.14. The topological polar surface area (TPSA) is 82.9 Å². The van der Waals surface area contributed by atoms with Crippen LogP contribution in [-0.4, -0.2) is 41.7 Å². The highest BCUT2D eigenvalue weighted by molar-refractivity contribution is 6.06. The van der Waals surface area contributed by atoms with Gasteiger partial charge >= 0.3 is 6.09 Å². The molecule has 0 bridgehead atoms. The third-order valence-corrected chi connectivity index (χ3v) is 7.34. The Balaban J connectivity index is 0.00000288. The predicted octanol–water partition coefficient (Wildman–Crippen LogP) is 8.46. The number of rotatable bonds is 6. The Hall–Kier alpha value is -4.39. The van der Waals surface area contributed by atoms with E-state index in [9.17, 15) is 23.6 Å². The summed E-state index contributed by atoms with van der Waals surface area (Å²) < 4.78 is 41.1. The number of nitrogens with zero attached hydrogens (tertiary/aromatic N) is 3. The first-order chi connectivity index (χ1) is 21.0. The van der Waals surface area contributed by atoms with E-state index >= 15 is 0 Å². The van der Waals surface area contributed by atoms with Crippen LogP contribution in [0.3, 0.4) is 0 Å². The lowest BCUT2D eigenvalue weighted by molar-refractivity contribution is 0.0126. The second-order valence-electron chi connectivity index (χ2n) is 11.8. The Labute approximate surface area is 279 Å². The van der Waals surface area contributed by atoms with Crippen molar-refractivity contribution in [2.45, 2.75) is 51.9 Å². The third-order valence-electron chi connectivity index (χ3n) is 7.34. The number of nitriles is 1. The monoisotopic (exact) mass is 669 g/mol. The quantitative estimate of drug-likeness (QED) is 0.206. The molecule has 5 rings (SSSR count). The lowest BCUT2D eigenvalue weighted by Crippen LogP contribution is -2.44. The summed E-state index contributed by atoms with van der Waals surface area (Å²) in [6.45, 7) is 6.55. The number of hydrogen-bond acceptors (Lipinski definition) is 5. The molecule has 0 unspecified atom stereocenters. The van der Waals surface area contributed by atoms with Crippen molar-refractivity contribution in [1.82, 2.24) is 4.90 Å². The highest BCUT2D eigenvalue weighted by Gasteiger charge is 2.28. The van der Waals surface area contributed by atoms with Crippen LogP contribution in [-0.2, 0) is 11.3 Å². The zero-order valence-corrected chi connectivity index (χ0v) is 27.3. The molecular weight excluding hydrogens is 635 g/mol. The van der Waals surface area contributed by atoms with Gasteiger partial charge in [-0.05, 0) is 91.7 Å². The number of benzene rings is 4. The van der Waals surface area contributed by atoms with Crippen LogP contribution >= 0.6 is 24.8 Å². The Morgan fingerprint density at radius 3 is 2.15 bits per heavy atom. The van der Waals surface area contributed by atoms with Crippen molar-refractivity contribution in [3.63, 3.8) is 0 Å². The summed E-state index contributed by atoms with van der Waals surface area (Å²) in [6.07, 6.45) is 0.815. The minimum atomic E-state index is -0.949. The summed E-state index contributed by atoms with van der Waals surface area (Å²) in [6, 6.07) is 23.1. The van der Waals surface area contributed by atoms with E-state index in [0.29, 0.717) is 42.9 Å². The van der Waals surface area contributed by atoms with Gasteiger partial charge in [0, 0.05) is 31.6 Å². The Morgan fingerprint density at radius 1 is 0.913 bits per heavy atom. The molecule has 1 aliphatic heterocycles. The molecule has 1 saturated heterocycles.